The van der Waals surface area contributed by atoms with Crippen LogP contribution >= 0.6 is 15.9 Å². The Morgan fingerprint density at radius 1 is 1.25 bits per heavy atom. The fraction of sp³-hybridized carbons (Fsp3) is 0.263. The van der Waals surface area contributed by atoms with Gasteiger partial charge in [0.05, 0.1) is 12.5 Å². The molecule has 1 N–H and O–H groups in total. The van der Waals surface area contributed by atoms with Crippen LogP contribution in [0.4, 0.5) is 0 Å². The molecule has 1 aromatic rings. The van der Waals surface area contributed by atoms with Gasteiger partial charge in [-0.25, -0.2) is 0 Å². The Morgan fingerprint density at radius 3 is 2.38 bits per heavy atom. The molecule has 0 spiro atoms. The molecule has 5 heteroatoms. The smallest absolute Gasteiger partial charge is 0.193 e. The zero-order valence-corrected chi connectivity index (χ0v) is 15.6. The van der Waals surface area contributed by atoms with E-state index in [2.05, 4.69) is 15.9 Å². The lowest BCUT2D eigenvalue weighted by Crippen LogP contribution is -2.36. The van der Waals surface area contributed by atoms with E-state index >= 15 is 0 Å². The summed E-state index contributed by atoms with van der Waals surface area (Å²) in [5.41, 5.74) is 0.0229. The van der Waals surface area contributed by atoms with Gasteiger partial charge in [0.25, 0.3) is 0 Å². The zero-order valence-electron chi connectivity index (χ0n) is 14.0. The second-order valence-electron chi connectivity index (χ2n) is 6.09. The first kappa shape index (κ1) is 18.2. The van der Waals surface area contributed by atoms with Crippen molar-refractivity contribution in [1.82, 2.24) is 0 Å². The molecular weight excluding hydrogens is 372 g/mol. The lowest BCUT2D eigenvalue weighted by molar-refractivity contribution is -0.126. The lowest BCUT2D eigenvalue weighted by atomic mass is 9.74. The van der Waals surface area contributed by atoms with Crippen molar-refractivity contribution in [3.05, 3.63) is 63.0 Å². The van der Waals surface area contributed by atoms with Gasteiger partial charge in [0, 0.05) is 10.0 Å². The highest BCUT2D eigenvalue weighted by Crippen LogP contribution is 2.40. The number of hydrogen-bond donors (Lipinski definition) is 1. The van der Waals surface area contributed by atoms with Gasteiger partial charge < -0.3 is 9.84 Å². The second-order valence-corrected chi connectivity index (χ2v) is 7.00. The summed E-state index contributed by atoms with van der Waals surface area (Å²) in [7, 11) is 1.45. The standard InChI is InChI=1S/C19H19BrO4/c1-11-16(22)15(17(23)19(2,3)18(11)24-4)14(21)10-7-12-5-8-13(20)9-6-12/h5-10,22H,1-4H3/b10-7+. The summed E-state index contributed by atoms with van der Waals surface area (Å²) in [6.45, 7) is 4.99. The number of hydrogen-bond acceptors (Lipinski definition) is 4. The van der Waals surface area contributed by atoms with Gasteiger partial charge in [-0.3, -0.25) is 9.59 Å². The van der Waals surface area contributed by atoms with E-state index in [4.69, 9.17) is 4.74 Å². The van der Waals surface area contributed by atoms with Crippen molar-refractivity contribution < 1.29 is 19.4 Å². The lowest BCUT2D eigenvalue weighted by Gasteiger charge is -2.31. The molecule has 0 aliphatic heterocycles. The van der Waals surface area contributed by atoms with Crippen LogP contribution < -0.4 is 0 Å². The highest BCUT2D eigenvalue weighted by molar-refractivity contribution is 9.10. The van der Waals surface area contributed by atoms with Gasteiger partial charge in [-0.05, 0) is 44.5 Å². The average molecular weight is 391 g/mol. The number of halogens is 1. The van der Waals surface area contributed by atoms with Gasteiger partial charge in [-0.2, -0.15) is 0 Å². The van der Waals surface area contributed by atoms with E-state index in [1.807, 2.05) is 24.3 Å². The monoisotopic (exact) mass is 390 g/mol. The molecule has 1 aliphatic carbocycles. The van der Waals surface area contributed by atoms with Crippen LogP contribution in [0, 0.1) is 5.41 Å². The molecule has 4 nitrogen and oxygen atoms in total. The number of rotatable bonds is 4. The largest absolute Gasteiger partial charge is 0.507 e. The second kappa shape index (κ2) is 6.77. The number of allylic oxidation sites excluding steroid dienone is 4. The Bertz CT molecular complexity index is 780. The Labute approximate surface area is 149 Å². The molecule has 0 unspecified atom stereocenters. The molecule has 0 saturated heterocycles. The fourth-order valence-corrected chi connectivity index (χ4v) is 3.02. The van der Waals surface area contributed by atoms with Crippen molar-refractivity contribution in [3.8, 4) is 0 Å². The van der Waals surface area contributed by atoms with E-state index in [0.29, 0.717) is 11.3 Å². The molecule has 126 valence electrons. The molecule has 0 bridgehead atoms. The van der Waals surface area contributed by atoms with E-state index in [-0.39, 0.29) is 11.3 Å². The summed E-state index contributed by atoms with van der Waals surface area (Å²) < 4.78 is 6.19. The molecule has 0 radical (unpaired) electrons. The number of aliphatic hydroxyl groups excluding tert-OH is 1. The average Bonchev–Trinajstić information content (AvgIpc) is 2.53. The van der Waals surface area contributed by atoms with Crippen LogP contribution in [0.3, 0.4) is 0 Å². The number of methoxy groups -OCH3 is 1. The molecule has 24 heavy (non-hydrogen) atoms. The summed E-state index contributed by atoms with van der Waals surface area (Å²) in [5.74, 6) is -0.920. The maximum Gasteiger partial charge on any atom is 0.193 e. The van der Waals surface area contributed by atoms with Crippen molar-refractivity contribution in [1.29, 1.82) is 0 Å². The number of ether oxygens (including phenoxy) is 1. The Balaban J connectivity index is 2.40. The van der Waals surface area contributed by atoms with Crippen LogP contribution in [0.1, 0.15) is 26.3 Å². The molecule has 0 fully saturated rings. The Morgan fingerprint density at radius 2 is 1.83 bits per heavy atom. The number of Topliss-reactive ketones (excluding diaryl/α,β-unsaturated/α-hetero) is 1. The third-order valence-corrected chi connectivity index (χ3v) is 4.57. The van der Waals surface area contributed by atoms with Crippen molar-refractivity contribution >= 4 is 33.6 Å². The number of ketones is 2. The number of benzene rings is 1. The third kappa shape index (κ3) is 3.22. The van der Waals surface area contributed by atoms with Gasteiger partial charge in [0.15, 0.2) is 11.6 Å². The highest BCUT2D eigenvalue weighted by atomic mass is 79.9. The van der Waals surface area contributed by atoms with Crippen molar-refractivity contribution in [2.45, 2.75) is 20.8 Å². The fourth-order valence-electron chi connectivity index (χ4n) is 2.75. The number of carbonyl (C=O) groups excluding carboxylic acids is 2. The van der Waals surface area contributed by atoms with E-state index in [0.717, 1.165) is 10.0 Å². The van der Waals surface area contributed by atoms with Gasteiger partial charge in [-0.15, -0.1) is 0 Å². The predicted molar refractivity (Wildman–Crippen MR) is 96.3 cm³/mol. The van der Waals surface area contributed by atoms with Crippen LogP contribution in [-0.4, -0.2) is 23.8 Å². The van der Waals surface area contributed by atoms with E-state index in [1.54, 1.807) is 26.8 Å². The normalized spacial score (nSPS) is 17.6. The molecule has 1 aliphatic rings. The first-order valence-electron chi connectivity index (χ1n) is 7.42. The number of aliphatic hydroxyl groups is 1. The summed E-state index contributed by atoms with van der Waals surface area (Å²) >= 11 is 3.34. The molecule has 1 aromatic carbocycles. The predicted octanol–water partition coefficient (Wildman–Crippen LogP) is 4.37. The van der Waals surface area contributed by atoms with Crippen molar-refractivity contribution in [3.63, 3.8) is 0 Å². The maximum atomic E-state index is 12.7. The highest BCUT2D eigenvalue weighted by Gasteiger charge is 2.44. The molecular formula is C19H19BrO4. The van der Waals surface area contributed by atoms with Crippen LogP contribution in [0.15, 0.2) is 57.5 Å². The van der Waals surface area contributed by atoms with Gasteiger partial charge in [-0.1, -0.05) is 34.1 Å². The SMILES string of the molecule is COC1=C(C)C(O)=C(C(=O)/C=C/c2ccc(Br)cc2)C(=O)C1(C)C. The van der Waals surface area contributed by atoms with Crippen LogP contribution in [0.5, 0.6) is 0 Å². The molecule has 0 atom stereocenters. The third-order valence-electron chi connectivity index (χ3n) is 4.04. The minimum absolute atomic E-state index is 0.202. The van der Waals surface area contributed by atoms with E-state index in [9.17, 15) is 14.7 Å². The first-order chi connectivity index (χ1) is 11.2. The molecule has 0 saturated carbocycles. The molecule has 0 heterocycles. The van der Waals surface area contributed by atoms with Gasteiger partial charge in [0.2, 0.25) is 0 Å². The minimum atomic E-state index is -0.999. The van der Waals surface area contributed by atoms with Crippen molar-refractivity contribution in [2.75, 3.05) is 7.11 Å². The zero-order chi connectivity index (χ0) is 18.1. The molecule has 2 rings (SSSR count). The minimum Gasteiger partial charge on any atom is -0.507 e. The summed E-state index contributed by atoms with van der Waals surface area (Å²) in [6, 6.07) is 7.38. The molecule has 0 aromatic heterocycles. The maximum absolute atomic E-state index is 12.7. The van der Waals surface area contributed by atoms with Crippen LogP contribution in [0.25, 0.3) is 6.08 Å². The van der Waals surface area contributed by atoms with Crippen LogP contribution in [0.2, 0.25) is 0 Å². The summed E-state index contributed by atoms with van der Waals surface area (Å²) in [6.07, 6.45) is 2.91. The van der Waals surface area contributed by atoms with Gasteiger partial charge in [0.1, 0.15) is 17.1 Å². The van der Waals surface area contributed by atoms with Crippen LogP contribution in [-0.2, 0) is 14.3 Å². The Kier molecular flexibility index (Phi) is 5.13. The van der Waals surface area contributed by atoms with E-state index in [1.165, 1.54) is 13.2 Å². The topological polar surface area (TPSA) is 63.6 Å². The van der Waals surface area contributed by atoms with Crippen molar-refractivity contribution in [2.24, 2.45) is 5.41 Å². The first-order valence-corrected chi connectivity index (χ1v) is 8.21. The van der Waals surface area contributed by atoms with Gasteiger partial charge >= 0.3 is 0 Å². The molecule has 0 amide bonds. The summed E-state index contributed by atoms with van der Waals surface area (Å²) in [4.78, 5) is 25.2. The quantitative estimate of drug-likeness (QED) is 0.612. The number of carbonyl (C=O) groups is 2. The summed E-state index contributed by atoms with van der Waals surface area (Å²) in [5, 5.41) is 10.3. The Hall–Kier alpha value is -2.14. The van der Waals surface area contributed by atoms with E-state index < -0.39 is 17.0 Å².